The van der Waals surface area contributed by atoms with Gasteiger partial charge < -0.3 is 4.74 Å². The van der Waals surface area contributed by atoms with E-state index in [9.17, 15) is 4.79 Å². The van der Waals surface area contributed by atoms with Crippen LogP contribution < -0.4 is 4.74 Å². The third-order valence-electron chi connectivity index (χ3n) is 2.51. The summed E-state index contributed by atoms with van der Waals surface area (Å²) in [6.07, 6.45) is 0.126. The lowest BCUT2D eigenvalue weighted by molar-refractivity contribution is 0.0991. The molecule has 3 heteroatoms. The predicted molar refractivity (Wildman–Crippen MR) is 71.3 cm³/mol. The van der Waals surface area contributed by atoms with Gasteiger partial charge in [-0.1, -0.05) is 0 Å². The minimum atomic E-state index is -0.495. The highest BCUT2D eigenvalue weighted by Crippen LogP contribution is 2.25. The average Bonchev–Trinajstić information content (AvgIpc) is 2.21. The van der Waals surface area contributed by atoms with Crippen molar-refractivity contribution in [3.8, 4) is 5.75 Å². The zero-order valence-corrected chi connectivity index (χ0v) is 11.8. The van der Waals surface area contributed by atoms with E-state index in [1.807, 2.05) is 39.8 Å². The van der Waals surface area contributed by atoms with Crippen molar-refractivity contribution in [2.45, 2.75) is 46.1 Å². The number of aryl methyl sites for hydroxylation is 2. The molecule has 1 unspecified atom stereocenters. The van der Waals surface area contributed by atoms with Crippen LogP contribution in [0.2, 0.25) is 0 Å². The summed E-state index contributed by atoms with van der Waals surface area (Å²) in [4.78, 5) is 11.9. The summed E-state index contributed by atoms with van der Waals surface area (Å²) in [5.41, 5.74) is 2.55. The molecule has 1 rings (SSSR count). The lowest BCUT2D eigenvalue weighted by atomic mass is 9.99. The maximum atomic E-state index is 11.9. The van der Waals surface area contributed by atoms with E-state index in [0.717, 1.165) is 16.9 Å². The van der Waals surface area contributed by atoms with Crippen LogP contribution in [0, 0.1) is 13.8 Å². The number of ketones is 1. The lowest BCUT2D eigenvalue weighted by Gasteiger charge is -2.15. The molecule has 0 aliphatic heterocycles. The SMILES string of the molecule is Cc1cc(C(=O)C(C)Cl)c(C)cc1OC(C)C. The maximum Gasteiger partial charge on any atom is 0.180 e. The molecule has 0 N–H and O–H groups in total. The minimum Gasteiger partial charge on any atom is -0.491 e. The second-order valence-corrected chi connectivity index (χ2v) is 5.23. The third-order valence-corrected chi connectivity index (χ3v) is 2.71. The fourth-order valence-corrected chi connectivity index (χ4v) is 1.77. The van der Waals surface area contributed by atoms with E-state index >= 15 is 0 Å². The molecule has 0 saturated carbocycles. The number of rotatable bonds is 4. The molecule has 17 heavy (non-hydrogen) atoms. The first-order valence-electron chi connectivity index (χ1n) is 5.79. The van der Waals surface area contributed by atoms with E-state index in [1.54, 1.807) is 6.92 Å². The van der Waals surface area contributed by atoms with Crippen molar-refractivity contribution < 1.29 is 9.53 Å². The summed E-state index contributed by atoms with van der Waals surface area (Å²) in [6.45, 7) is 9.49. The van der Waals surface area contributed by atoms with Crippen LogP contribution in [0.4, 0.5) is 0 Å². The Kier molecular flexibility index (Phi) is 4.58. The van der Waals surface area contributed by atoms with E-state index < -0.39 is 5.38 Å². The molecule has 1 aromatic carbocycles. The normalized spacial score (nSPS) is 12.6. The molecular formula is C14H19ClO2. The number of alkyl halides is 1. The monoisotopic (exact) mass is 254 g/mol. The highest BCUT2D eigenvalue weighted by atomic mass is 35.5. The largest absolute Gasteiger partial charge is 0.491 e. The molecule has 0 radical (unpaired) electrons. The molecule has 0 heterocycles. The molecule has 0 fully saturated rings. The highest BCUT2D eigenvalue weighted by molar-refractivity contribution is 6.33. The van der Waals surface area contributed by atoms with Crippen molar-refractivity contribution in [1.82, 2.24) is 0 Å². The van der Waals surface area contributed by atoms with Crippen LogP contribution in [0.3, 0.4) is 0 Å². The van der Waals surface area contributed by atoms with Crippen LogP contribution in [0.5, 0.6) is 5.75 Å². The van der Waals surface area contributed by atoms with Crippen LogP contribution >= 0.6 is 11.6 Å². The van der Waals surface area contributed by atoms with Crippen molar-refractivity contribution in [3.63, 3.8) is 0 Å². The van der Waals surface area contributed by atoms with E-state index in [1.165, 1.54) is 0 Å². The van der Waals surface area contributed by atoms with Crippen LogP contribution in [-0.2, 0) is 0 Å². The number of carbonyl (C=O) groups excluding carboxylic acids is 1. The van der Waals surface area contributed by atoms with Gasteiger partial charge >= 0.3 is 0 Å². The molecule has 0 aromatic heterocycles. The second-order valence-electron chi connectivity index (χ2n) is 4.58. The van der Waals surface area contributed by atoms with Crippen LogP contribution in [0.1, 0.15) is 42.3 Å². The molecule has 0 aliphatic rings. The number of carbonyl (C=O) groups is 1. The highest BCUT2D eigenvalue weighted by Gasteiger charge is 2.16. The second kappa shape index (κ2) is 5.54. The molecule has 0 saturated heterocycles. The Morgan fingerprint density at radius 3 is 2.24 bits per heavy atom. The molecule has 0 spiro atoms. The standard InChI is InChI=1S/C14H19ClO2/c1-8(2)17-13-7-9(3)12(6-10(13)4)14(16)11(5)15/h6-8,11H,1-5H3. The van der Waals surface area contributed by atoms with Gasteiger partial charge in [0.15, 0.2) is 5.78 Å². The lowest BCUT2D eigenvalue weighted by Crippen LogP contribution is -2.13. The van der Waals surface area contributed by atoms with Crippen molar-refractivity contribution in [3.05, 3.63) is 28.8 Å². The number of hydrogen-bond donors (Lipinski definition) is 0. The van der Waals surface area contributed by atoms with Gasteiger partial charge in [-0.15, -0.1) is 11.6 Å². The van der Waals surface area contributed by atoms with Gasteiger partial charge in [0.1, 0.15) is 5.75 Å². The predicted octanol–water partition coefficient (Wildman–Crippen LogP) is 3.90. The van der Waals surface area contributed by atoms with Gasteiger partial charge in [-0.3, -0.25) is 4.79 Å². The Balaban J connectivity index is 3.13. The van der Waals surface area contributed by atoms with Gasteiger partial charge in [0.05, 0.1) is 11.5 Å². The van der Waals surface area contributed by atoms with Crippen molar-refractivity contribution in [2.24, 2.45) is 0 Å². The Morgan fingerprint density at radius 1 is 1.18 bits per heavy atom. The zero-order valence-electron chi connectivity index (χ0n) is 11.0. The fourth-order valence-electron chi connectivity index (χ4n) is 1.65. The third kappa shape index (κ3) is 3.47. The first-order valence-corrected chi connectivity index (χ1v) is 6.22. The number of Topliss-reactive ketones (excluding diaryl/α,β-unsaturated/α-hetero) is 1. The Labute approximate surface area is 108 Å². The summed E-state index contributed by atoms with van der Waals surface area (Å²) in [6, 6.07) is 3.76. The summed E-state index contributed by atoms with van der Waals surface area (Å²) >= 11 is 5.83. The molecule has 94 valence electrons. The quantitative estimate of drug-likeness (QED) is 0.602. The van der Waals surface area contributed by atoms with E-state index in [-0.39, 0.29) is 11.9 Å². The first kappa shape index (κ1) is 14.0. The fraction of sp³-hybridized carbons (Fsp3) is 0.500. The topological polar surface area (TPSA) is 26.3 Å². The van der Waals surface area contributed by atoms with Crippen molar-refractivity contribution in [2.75, 3.05) is 0 Å². The minimum absolute atomic E-state index is 0.0386. The Morgan fingerprint density at radius 2 is 1.76 bits per heavy atom. The van der Waals surface area contributed by atoms with E-state index in [0.29, 0.717) is 5.56 Å². The molecule has 0 amide bonds. The number of ether oxygens (including phenoxy) is 1. The van der Waals surface area contributed by atoms with Gasteiger partial charge in [0, 0.05) is 5.56 Å². The van der Waals surface area contributed by atoms with Crippen molar-refractivity contribution >= 4 is 17.4 Å². The van der Waals surface area contributed by atoms with Crippen LogP contribution in [0.25, 0.3) is 0 Å². The van der Waals surface area contributed by atoms with Gasteiger partial charge in [-0.25, -0.2) is 0 Å². The smallest absolute Gasteiger partial charge is 0.180 e. The molecule has 0 bridgehead atoms. The average molecular weight is 255 g/mol. The summed E-state index contributed by atoms with van der Waals surface area (Å²) in [7, 11) is 0. The number of hydrogen-bond acceptors (Lipinski definition) is 2. The summed E-state index contributed by atoms with van der Waals surface area (Å²) in [5.74, 6) is 0.791. The van der Waals surface area contributed by atoms with Crippen LogP contribution in [-0.4, -0.2) is 17.3 Å². The van der Waals surface area contributed by atoms with E-state index in [4.69, 9.17) is 16.3 Å². The van der Waals surface area contributed by atoms with Crippen molar-refractivity contribution in [1.29, 1.82) is 0 Å². The van der Waals surface area contributed by atoms with E-state index in [2.05, 4.69) is 0 Å². The van der Waals surface area contributed by atoms with Gasteiger partial charge in [0.2, 0.25) is 0 Å². The Hall–Kier alpha value is -1.02. The molecular weight excluding hydrogens is 236 g/mol. The molecule has 2 nitrogen and oxygen atoms in total. The summed E-state index contributed by atoms with van der Waals surface area (Å²) in [5, 5.41) is -0.495. The van der Waals surface area contributed by atoms with Gasteiger partial charge in [-0.2, -0.15) is 0 Å². The first-order chi connectivity index (χ1) is 7.82. The van der Waals surface area contributed by atoms with Crippen LogP contribution in [0.15, 0.2) is 12.1 Å². The maximum absolute atomic E-state index is 11.9. The zero-order chi connectivity index (χ0) is 13.2. The summed E-state index contributed by atoms with van der Waals surface area (Å²) < 4.78 is 5.68. The van der Waals surface area contributed by atoms with Gasteiger partial charge in [-0.05, 0) is 57.9 Å². The van der Waals surface area contributed by atoms with Gasteiger partial charge in [0.25, 0.3) is 0 Å². The number of benzene rings is 1. The number of halogens is 1. The molecule has 1 aromatic rings. The molecule has 0 aliphatic carbocycles. The molecule has 1 atom stereocenters. The Bertz CT molecular complexity index is 422.